The monoisotopic (exact) mass is 371 g/mol. The summed E-state index contributed by atoms with van der Waals surface area (Å²) in [6, 6.07) is 8.42. The second-order valence-electron chi connectivity index (χ2n) is 8.61. The molecule has 0 aromatic heterocycles. The number of likely N-dealkylation sites (tertiary alicyclic amines) is 1. The van der Waals surface area contributed by atoms with Gasteiger partial charge in [-0.2, -0.15) is 0 Å². The Bertz CT molecular complexity index is 678. The van der Waals surface area contributed by atoms with Gasteiger partial charge in [0.15, 0.2) is 0 Å². The Morgan fingerprint density at radius 3 is 2.44 bits per heavy atom. The van der Waals surface area contributed by atoms with Crippen LogP contribution < -0.4 is 5.32 Å². The third-order valence-corrected chi connectivity index (χ3v) is 6.11. The number of carbonyl (C=O) groups is 2. The van der Waals surface area contributed by atoms with Crippen LogP contribution in [0.15, 0.2) is 24.3 Å². The van der Waals surface area contributed by atoms with E-state index in [4.69, 9.17) is 0 Å². The number of amides is 2. The second-order valence-corrected chi connectivity index (χ2v) is 8.61. The topological polar surface area (TPSA) is 52.7 Å². The molecular formula is C22H33N3O2. The summed E-state index contributed by atoms with van der Waals surface area (Å²) in [5.41, 5.74) is 2.50. The number of carbonyl (C=O) groups excluding carboxylic acids is 2. The first-order chi connectivity index (χ1) is 12.9. The Morgan fingerprint density at radius 1 is 1.11 bits per heavy atom. The molecule has 2 aliphatic heterocycles. The summed E-state index contributed by atoms with van der Waals surface area (Å²) in [4.78, 5) is 29.4. The summed E-state index contributed by atoms with van der Waals surface area (Å²) in [7, 11) is 0. The van der Waals surface area contributed by atoms with Crippen molar-refractivity contribution in [3.8, 4) is 0 Å². The average Bonchev–Trinajstić information content (AvgIpc) is 2.67. The predicted octanol–water partition coefficient (Wildman–Crippen LogP) is 2.59. The highest BCUT2D eigenvalue weighted by Crippen LogP contribution is 2.24. The number of fused-ring (bicyclic) bond motifs is 1. The van der Waals surface area contributed by atoms with Crippen LogP contribution in [0.5, 0.6) is 0 Å². The fraction of sp³-hybridized carbons (Fsp3) is 0.636. The summed E-state index contributed by atoms with van der Waals surface area (Å²) in [5.74, 6) is 0.474. The number of piperidine rings is 1. The highest BCUT2D eigenvalue weighted by molar-refractivity contribution is 5.80. The maximum atomic E-state index is 12.9. The van der Waals surface area contributed by atoms with Gasteiger partial charge >= 0.3 is 0 Å². The lowest BCUT2D eigenvalue weighted by Crippen LogP contribution is -2.50. The van der Waals surface area contributed by atoms with E-state index in [1.165, 1.54) is 11.1 Å². The highest BCUT2D eigenvalue weighted by atomic mass is 16.2. The molecule has 1 aromatic carbocycles. The molecule has 0 bridgehead atoms. The van der Waals surface area contributed by atoms with E-state index in [9.17, 15) is 9.59 Å². The number of nitrogens with one attached hydrogen (secondary N) is 1. The Hall–Kier alpha value is -1.88. The molecule has 1 fully saturated rings. The molecule has 0 saturated carbocycles. The molecule has 3 rings (SSSR count). The van der Waals surface area contributed by atoms with Gasteiger partial charge in [-0.15, -0.1) is 0 Å². The molecule has 0 spiro atoms. The zero-order chi connectivity index (χ0) is 19.4. The molecule has 0 radical (unpaired) electrons. The molecule has 2 amide bonds. The van der Waals surface area contributed by atoms with E-state index in [1.807, 2.05) is 18.7 Å². The first-order valence-corrected chi connectivity index (χ1v) is 10.3. The molecule has 2 heterocycles. The van der Waals surface area contributed by atoms with Gasteiger partial charge in [-0.25, -0.2) is 0 Å². The van der Waals surface area contributed by atoms with Crippen LogP contribution in [0.4, 0.5) is 0 Å². The number of hydrogen-bond donors (Lipinski definition) is 1. The summed E-state index contributed by atoms with van der Waals surface area (Å²) in [6.45, 7) is 9.81. The average molecular weight is 372 g/mol. The van der Waals surface area contributed by atoms with E-state index in [-0.39, 0.29) is 17.4 Å². The third-order valence-electron chi connectivity index (χ3n) is 6.11. The molecule has 0 atom stereocenters. The Kier molecular flexibility index (Phi) is 6.20. The molecule has 5 nitrogen and oxygen atoms in total. The SMILES string of the molecule is CCC(C)(C)NC(=O)CN1CCC(C(=O)N2CCc3ccccc3C2)CC1. The van der Waals surface area contributed by atoms with Gasteiger partial charge in [-0.1, -0.05) is 31.2 Å². The van der Waals surface area contributed by atoms with Gasteiger partial charge in [0.1, 0.15) is 0 Å². The maximum absolute atomic E-state index is 12.9. The van der Waals surface area contributed by atoms with Gasteiger partial charge < -0.3 is 10.2 Å². The summed E-state index contributed by atoms with van der Waals surface area (Å²) in [5, 5.41) is 3.09. The highest BCUT2D eigenvalue weighted by Gasteiger charge is 2.31. The minimum atomic E-state index is -0.157. The summed E-state index contributed by atoms with van der Waals surface area (Å²) >= 11 is 0. The minimum Gasteiger partial charge on any atom is -0.350 e. The third kappa shape index (κ3) is 5.10. The summed E-state index contributed by atoms with van der Waals surface area (Å²) < 4.78 is 0. The molecule has 0 unspecified atom stereocenters. The van der Waals surface area contributed by atoms with Crippen molar-refractivity contribution in [3.05, 3.63) is 35.4 Å². The summed E-state index contributed by atoms with van der Waals surface area (Å²) in [6.07, 6.45) is 3.56. The van der Waals surface area contributed by atoms with Gasteiger partial charge in [0.25, 0.3) is 0 Å². The molecule has 2 aliphatic rings. The van der Waals surface area contributed by atoms with Crippen LogP contribution >= 0.6 is 0 Å². The molecular weight excluding hydrogens is 338 g/mol. The van der Waals surface area contributed by atoms with E-state index in [2.05, 4.69) is 41.4 Å². The Balaban J connectivity index is 1.47. The number of benzene rings is 1. The first kappa shape index (κ1) is 19.9. The van der Waals surface area contributed by atoms with Crippen LogP contribution in [0.2, 0.25) is 0 Å². The number of nitrogens with zero attached hydrogens (tertiary/aromatic N) is 2. The van der Waals surface area contributed by atoms with Crippen LogP contribution in [0.25, 0.3) is 0 Å². The molecule has 0 aliphatic carbocycles. The Morgan fingerprint density at radius 2 is 1.78 bits per heavy atom. The minimum absolute atomic E-state index is 0.0827. The van der Waals surface area contributed by atoms with Crippen molar-refractivity contribution in [2.45, 2.75) is 58.5 Å². The first-order valence-electron chi connectivity index (χ1n) is 10.3. The molecule has 27 heavy (non-hydrogen) atoms. The molecule has 148 valence electrons. The van der Waals surface area contributed by atoms with Crippen molar-refractivity contribution < 1.29 is 9.59 Å². The van der Waals surface area contributed by atoms with E-state index in [1.54, 1.807) is 0 Å². The van der Waals surface area contributed by atoms with Gasteiger partial charge in [0.2, 0.25) is 11.8 Å². The van der Waals surface area contributed by atoms with Crippen molar-refractivity contribution in [1.29, 1.82) is 0 Å². The van der Waals surface area contributed by atoms with Crippen LogP contribution in [0.3, 0.4) is 0 Å². The quantitative estimate of drug-likeness (QED) is 0.866. The van der Waals surface area contributed by atoms with Crippen LogP contribution in [0.1, 0.15) is 51.2 Å². The molecule has 1 aromatic rings. The van der Waals surface area contributed by atoms with Crippen molar-refractivity contribution in [3.63, 3.8) is 0 Å². The molecule has 1 N–H and O–H groups in total. The fourth-order valence-electron chi connectivity index (χ4n) is 3.99. The van der Waals surface area contributed by atoms with Crippen LogP contribution in [-0.4, -0.2) is 53.3 Å². The van der Waals surface area contributed by atoms with E-state index >= 15 is 0 Å². The van der Waals surface area contributed by atoms with Crippen LogP contribution in [0, 0.1) is 5.92 Å². The van der Waals surface area contributed by atoms with E-state index in [0.717, 1.165) is 51.9 Å². The zero-order valence-corrected chi connectivity index (χ0v) is 17.0. The maximum Gasteiger partial charge on any atom is 0.234 e. The lowest BCUT2D eigenvalue weighted by molar-refractivity contribution is -0.138. The second kappa shape index (κ2) is 8.42. The van der Waals surface area contributed by atoms with Crippen molar-refractivity contribution in [2.75, 3.05) is 26.2 Å². The molecule has 5 heteroatoms. The van der Waals surface area contributed by atoms with Crippen molar-refractivity contribution in [1.82, 2.24) is 15.1 Å². The van der Waals surface area contributed by atoms with Gasteiger partial charge in [0, 0.05) is 24.5 Å². The Labute approximate surface area is 163 Å². The van der Waals surface area contributed by atoms with E-state index in [0.29, 0.717) is 12.5 Å². The van der Waals surface area contributed by atoms with Gasteiger partial charge in [-0.05, 0) is 63.7 Å². The zero-order valence-electron chi connectivity index (χ0n) is 17.0. The fourth-order valence-corrected chi connectivity index (χ4v) is 3.99. The normalized spacial score (nSPS) is 18.9. The van der Waals surface area contributed by atoms with Crippen molar-refractivity contribution in [2.24, 2.45) is 5.92 Å². The molecule has 1 saturated heterocycles. The van der Waals surface area contributed by atoms with Crippen molar-refractivity contribution >= 4 is 11.8 Å². The number of rotatable bonds is 5. The lowest BCUT2D eigenvalue weighted by atomic mass is 9.93. The smallest absolute Gasteiger partial charge is 0.234 e. The van der Waals surface area contributed by atoms with Gasteiger partial charge in [-0.3, -0.25) is 14.5 Å². The predicted molar refractivity (Wildman–Crippen MR) is 107 cm³/mol. The standard InChI is InChI=1S/C22H33N3O2/c1-4-22(2,3)23-20(26)16-24-12-9-18(10-13-24)21(27)25-14-11-17-7-5-6-8-19(17)15-25/h5-8,18H,4,9-16H2,1-3H3,(H,23,26). The van der Waals surface area contributed by atoms with Gasteiger partial charge in [0.05, 0.1) is 6.54 Å². The largest absolute Gasteiger partial charge is 0.350 e. The number of hydrogen-bond acceptors (Lipinski definition) is 3. The van der Waals surface area contributed by atoms with Crippen LogP contribution in [-0.2, 0) is 22.6 Å². The lowest BCUT2D eigenvalue weighted by Gasteiger charge is -2.36. The van der Waals surface area contributed by atoms with E-state index < -0.39 is 0 Å².